The van der Waals surface area contributed by atoms with E-state index in [0.29, 0.717) is 42.2 Å². The van der Waals surface area contributed by atoms with Crippen molar-refractivity contribution in [3.8, 4) is 11.4 Å². The lowest BCUT2D eigenvalue weighted by Crippen LogP contribution is -2.37. The van der Waals surface area contributed by atoms with E-state index in [9.17, 15) is 0 Å². The van der Waals surface area contributed by atoms with E-state index in [-0.39, 0.29) is 0 Å². The maximum absolute atomic E-state index is 5.99. The van der Waals surface area contributed by atoms with Gasteiger partial charge in [0.15, 0.2) is 5.96 Å². The van der Waals surface area contributed by atoms with Gasteiger partial charge in [-0.15, -0.1) is 0 Å². The summed E-state index contributed by atoms with van der Waals surface area (Å²) in [5.41, 5.74) is 1.94. The number of rotatable bonds is 6. The lowest BCUT2D eigenvalue weighted by atomic mass is 10.2. The van der Waals surface area contributed by atoms with Gasteiger partial charge in [-0.2, -0.15) is 4.98 Å². The molecule has 1 aromatic heterocycles. The van der Waals surface area contributed by atoms with Crippen LogP contribution >= 0.6 is 23.2 Å². The molecular weight excluding hydrogens is 385 g/mol. The first kappa shape index (κ1) is 19.2. The van der Waals surface area contributed by atoms with Crippen LogP contribution in [0.3, 0.4) is 0 Å². The fraction of sp³-hybridized carbons (Fsp3) is 0.211. The van der Waals surface area contributed by atoms with Gasteiger partial charge < -0.3 is 15.2 Å². The van der Waals surface area contributed by atoms with Crippen molar-refractivity contribution >= 4 is 29.2 Å². The molecular formula is C19H19Cl2N5O. The molecule has 0 saturated heterocycles. The van der Waals surface area contributed by atoms with Crippen molar-refractivity contribution in [3.05, 3.63) is 70.0 Å². The van der Waals surface area contributed by atoms with Gasteiger partial charge in [0.1, 0.15) is 0 Å². The Kier molecular flexibility index (Phi) is 6.68. The predicted molar refractivity (Wildman–Crippen MR) is 108 cm³/mol. The first-order valence-electron chi connectivity index (χ1n) is 8.41. The van der Waals surface area contributed by atoms with Gasteiger partial charge >= 0.3 is 0 Å². The number of aliphatic imine (C=N–C) groups is 1. The summed E-state index contributed by atoms with van der Waals surface area (Å²) in [6.45, 7) is 1.26. The molecule has 27 heavy (non-hydrogen) atoms. The van der Waals surface area contributed by atoms with Crippen LogP contribution in [-0.4, -0.2) is 29.7 Å². The minimum atomic E-state index is 0.526. The van der Waals surface area contributed by atoms with E-state index < -0.39 is 0 Å². The van der Waals surface area contributed by atoms with E-state index in [0.717, 1.165) is 16.1 Å². The average Bonchev–Trinajstić information content (AvgIpc) is 3.15. The van der Waals surface area contributed by atoms with Crippen LogP contribution in [-0.2, 0) is 13.0 Å². The largest absolute Gasteiger partial charge is 0.356 e. The lowest BCUT2D eigenvalue weighted by molar-refractivity contribution is 0.378. The highest BCUT2D eigenvalue weighted by Gasteiger charge is 2.09. The van der Waals surface area contributed by atoms with Crippen molar-refractivity contribution in [2.45, 2.75) is 13.0 Å². The number of hydrogen-bond acceptors (Lipinski definition) is 4. The predicted octanol–water partition coefficient (Wildman–Crippen LogP) is 3.95. The zero-order chi connectivity index (χ0) is 19.1. The summed E-state index contributed by atoms with van der Waals surface area (Å²) in [5, 5.41) is 11.8. The van der Waals surface area contributed by atoms with E-state index in [1.54, 1.807) is 19.2 Å². The Labute approximate surface area is 167 Å². The Bertz CT molecular complexity index is 908. The third-order valence-corrected chi connectivity index (χ3v) is 4.27. The van der Waals surface area contributed by atoms with Crippen LogP contribution < -0.4 is 10.6 Å². The van der Waals surface area contributed by atoms with Crippen LogP contribution in [0.25, 0.3) is 11.4 Å². The van der Waals surface area contributed by atoms with Crippen molar-refractivity contribution in [1.82, 2.24) is 20.8 Å². The highest BCUT2D eigenvalue weighted by molar-refractivity contribution is 6.31. The van der Waals surface area contributed by atoms with Crippen LogP contribution in [0.15, 0.2) is 58.0 Å². The zero-order valence-electron chi connectivity index (χ0n) is 14.7. The van der Waals surface area contributed by atoms with Gasteiger partial charge in [-0.25, -0.2) is 0 Å². The molecule has 0 aliphatic heterocycles. The molecule has 0 spiro atoms. The second-order valence-corrected chi connectivity index (χ2v) is 6.62. The van der Waals surface area contributed by atoms with Crippen molar-refractivity contribution in [1.29, 1.82) is 0 Å². The first-order chi connectivity index (χ1) is 13.1. The number of nitrogens with one attached hydrogen (secondary N) is 2. The van der Waals surface area contributed by atoms with Crippen LogP contribution in [0.1, 0.15) is 11.5 Å². The van der Waals surface area contributed by atoms with Gasteiger partial charge in [-0.05, 0) is 29.8 Å². The molecule has 3 aromatic rings. The van der Waals surface area contributed by atoms with E-state index in [1.807, 2.05) is 36.4 Å². The molecule has 0 radical (unpaired) electrons. The number of aromatic nitrogens is 2. The van der Waals surface area contributed by atoms with Crippen molar-refractivity contribution in [3.63, 3.8) is 0 Å². The second-order valence-electron chi connectivity index (χ2n) is 5.75. The second kappa shape index (κ2) is 9.39. The van der Waals surface area contributed by atoms with Crippen molar-refractivity contribution in [2.75, 3.05) is 13.6 Å². The fourth-order valence-electron chi connectivity index (χ4n) is 2.40. The summed E-state index contributed by atoms with van der Waals surface area (Å²) in [6.07, 6.45) is 0.579. The number of nitrogens with zero attached hydrogens (tertiary/aromatic N) is 3. The van der Waals surface area contributed by atoms with Crippen molar-refractivity contribution in [2.24, 2.45) is 4.99 Å². The van der Waals surface area contributed by atoms with Gasteiger partial charge in [-0.3, -0.25) is 4.99 Å². The smallest absolute Gasteiger partial charge is 0.228 e. The van der Waals surface area contributed by atoms with Crippen LogP contribution in [0.5, 0.6) is 0 Å². The molecule has 1 heterocycles. The quantitative estimate of drug-likeness (QED) is 0.481. The topological polar surface area (TPSA) is 75.3 Å². The molecule has 0 aliphatic carbocycles. The summed E-state index contributed by atoms with van der Waals surface area (Å²) < 4.78 is 5.30. The first-order valence-corrected chi connectivity index (χ1v) is 9.17. The Morgan fingerprint density at radius 2 is 1.89 bits per heavy atom. The monoisotopic (exact) mass is 403 g/mol. The molecule has 140 valence electrons. The normalized spacial score (nSPS) is 11.4. The van der Waals surface area contributed by atoms with E-state index >= 15 is 0 Å². The minimum absolute atomic E-state index is 0.526. The lowest BCUT2D eigenvalue weighted by Gasteiger charge is -2.11. The van der Waals surface area contributed by atoms with Gasteiger partial charge in [0.25, 0.3) is 0 Å². The summed E-state index contributed by atoms with van der Waals surface area (Å²) in [7, 11) is 1.72. The van der Waals surface area contributed by atoms with Crippen LogP contribution in [0.4, 0.5) is 0 Å². The highest BCUT2D eigenvalue weighted by Crippen LogP contribution is 2.19. The molecule has 0 aliphatic rings. The summed E-state index contributed by atoms with van der Waals surface area (Å²) in [6, 6.07) is 15.0. The number of hydrogen-bond donors (Lipinski definition) is 2. The summed E-state index contributed by atoms with van der Waals surface area (Å²) in [5.74, 6) is 1.77. The molecule has 0 amide bonds. The van der Waals surface area contributed by atoms with Gasteiger partial charge in [0.05, 0.1) is 0 Å². The molecule has 0 saturated carbocycles. The molecule has 3 rings (SSSR count). The van der Waals surface area contributed by atoms with Crippen molar-refractivity contribution < 1.29 is 4.52 Å². The van der Waals surface area contributed by atoms with E-state index in [4.69, 9.17) is 27.7 Å². The Morgan fingerprint density at radius 1 is 1.07 bits per heavy atom. The fourth-order valence-corrected chi connectivity index (χ4v) is 2.71. The molecule has 0 atom stereocenters. The summed E-state index contributed by atoms with van der Waals surface area (Å²) in [4.78, 5) is 8.60. The maximum atomic E-state index is 5.99. The third-order valence-electron chi connectivity index (χ3n) is 3.78. The Morgan fingerprint density at radius 3 is 2.63 bits per heavy atom. The minimum Gasteiger partial charge on any atom is -0.356 e. The van der Waals surface area contributed by atoms with Gasteiger partial charge in [0.2, 0.25) is 11.7 Å². The molecule has 2 aromatic carbocycles. The molecule has 2 N–H and O–H groups in total. The van der Waals surface area contributed by atoms with Crippen LogP contribution in [0.2, 0.25) is 10.0 Å². The Hall–Kier alpha value is -2.57. The standard InChI is InChI=1S/C19H19Cl2N5O/c1-22-19(24-12-13-5-7-15(20)8-6-13)23-10-9-17-25-18(26-27-17)14-3-2-4-16(21)11-14/h2-8,11H,9-10,12H2,1H3,(H2,22,23,24). The molecule has 6 nitrogen and oxygen atoms in total. The zero-order valence-corrected chi connectivity index (χ0v) is 16.3. The highest BCUT2D eigenvalue weighted by atomic mass is 35.5. The molecule has 0 fully saturated rings. The van der Waals surface area contributed by atoms with Crippen LogP contribution in [0, 0.1) is 0 Å². The Balaban J connectivity index is 1.47. The van der Waals surface area contributed by atoms with E-state index in [2.05, 4.69) is 25.8 Å². The summed E-state index contributed by atoms with van der Waals surface area (Å²) >= 11 is 11.9. The number of benzene rings is 2. The molecule has 0 bridgehead atoms. The van der Waals surface area contributed by atoms with Gasteiger partial charge in [0, 0.05) is 42.2 Å². The molecule has 0 unspecified atom stereocenters. The molecule has 8 heteroatoms. The maximum Gasteiger partial charge on any atom is 0.228 e. The number of halogens is 2. The van der Waals surface area contributed by atoms with Gasteiger partial charge in [-0.1, -0.05) is 52.6 Å². The SMILES string of the molecule is CN=C(NCCc1nc(-c2cccc(Cl)c2)no1)NCc1ccc(Cl)cc1. The van der Waals surface area contributed by atoms with E-state index in [1.165, 1.54) is 0 Å². The number of guanidine groups is 1. The third kappa shape index (κ3) is 5.70. The average molecular weight is 404 g/mol.